The molecule has 1 heterocycles. The van der Waals surface area contributed by atoms with Gasteiger partial charge in [-0.25, -0.2) is 19.2 Å². The van der Waals surface area contributed by atoms with Gasteiger partial charge in [0.25, 0.3) is 0 Å². The lowest BCUT2D eigenvalue weighted by molar-refractivity contribution is 0.174. The van der Waals surface area contributed by atoms with E-state index in [1.54, 1.807) is 24.3 Å². The number of halogens is 2. The number of allylic oxidation sites excluding steroid dienone is 1. The zero-order valence-corrected chi connectivity index (χ0v) is 15.9. The van der Waals surface area contributed by atoms with Gasteiger partial charge in [0, 0.05) is 11.3 Å². The molecule has 0 bridgehead atoms. The van der Waals surface area contributed by atoms with Crippen LogP contribution in [0.25, 0.3) is 11.3 Å². The molecule has 7 heteroatoms. The molecule has 0 aliphatic carbocycles. The van der Waals surface area contributed by atoms with Crippen molar-refractivity contribution in [3.8, 4) is 11.3 Å². The van der Waals surface area contributed by atoms with Crippen molar-refractivity contribution in [3.63, 3.8) is 0 Å². The number of amides is 1. The number of anilines is 1. The monoisotopic (exact) mass is 377 g/mol. The first-order valence-electron chi connectivity index (χ1n) is 8.06. The van der Waals surface area contributed by atoms with Gasteiger partial charge < -0.3 is 4.74 Å². The minimum atomic E-state index is -0.598. The predicted molar refractivity (Wildman–Crippen MR) is 101 cm³/mol. The third kappa shape index (κ3) is 5.81. The average Bonchev–Trinajstić information content (AvgIpc) is 2.55. The van der Waals surface area contributed by atoms with E-state index < -0.39 is 11.9 Å². The van der Waals surface area contributed by atoms with Gasteiger partial charge in [0.2, 0.25) is 5.28 Å². The number of aromatic nitrogens is 2. The van der Waals surface area contributed by atoms with Gasteiger partial charge >= 0.3 is 6.09 Å². The van der Waals surface area contributed by atoms with Crippen molar-refractivity contribution in [2.75, 3.05) is 11.9 Å². The molecule has 1 amide bonds. The largest absolute Gasteiger partial charge is 0.445 e. The Labute approximate surface area is 157 Å². The topological polar surface area (TPSA) is 64.1 Å². The van der Waals surface area contributed by atoms with Gasteiger partial charge in [-0.3, -0.25) is 5.32 Å². The fourth-order valence-electron chi connectivity index (χ4n) is 2.17. The van der Waals surface area contributed by atoms with Crippen molar-refractivity contribution in [2.45, 2.75) is 27.7 Å². The van der Waals surface area contributed by atoms with Crippen LogP contribution in [0.15, 0.2) is 36.5 Å². The molecule has 0 radical (unpaired) electrons. The van der Waals surface area contributed by atoms with Gasteiger partial charge in [0.05, 0.1) is 6.20 Å². The number of hydrogen-bond acceptors (Lipinski definition) is 4. The van der Waals surface area contributed by atoms with Crippen molar-refractivity contribution in [3.05, 3.63) is 53.2 Å². The first-order valence-corrected chi connectivity index (χ1v) is 8.44. The SMILES string of the molecule is Cc1ccc(NC(=O)OCC=CC(C)(C)C)cc1-c1nc(Cl)ncc1F. The molecule has 0 aliphatic heterocycles. The quantitative estimate of drug-likeness (QED) is 0.572. The first kappa shape index (κ1) is 19.8. The third-order valence-electron chi connectivity index (χ3n) is 3.38. The lowest BCUT2D eigenvalue weighted by Crippen LogP contribution is -2.14. The summed E-state index contributed by atoms with van der Waals surface area (Å²) in [5.74, 6) is -0.593. The number of benzene rings is 1. The molecule has 26 heavy (non-hydrogen) atoms. The predicted octanol–water partition coefficient (Wildman–Crippen LogP) is 5.40. The van der Waals surface area contributed by atoms with E-state index in [-0.39, 0.29) is 23.0 Å². The number of ether oxygens (including phenoxy) is 1. The minimum absolute atomic E-state index is 0.0224. The van der Waals surface area contributed by atoms with Crippen LogP contribution >= 0.6 is 11.6 Å². The fourth-order valence-corrected chi connectivity index (χ4v) is 2.30. The summed E-state index contributed by atoms with van der Waals surface area (Å²) in [6.45, 7) is 8.13. The standard InChI is InChI=1S/C19H21ClFN3O2/c1-12-6-7-13(23-18(25)26-9-5-8-19(2,3)4)10-14(12)16-15(21)11-22-17(20)24-16/h5-8,10-11H,9H2,1-4H3,(H,23,25). The molecule has 1 N–H and O–H groups in total. The Morgan fingerprint density at radius 1 is 1.38 bits per heavy atom. The van der Waals surface area contributed by atoms with E-state index in [2.05, 4.69) is 36.1 Å². The lowest BCUT2D eigenvalue weighted by Gasteiger charge is -2.12. The maximum absolute atomic E-state index is 14.0. The second-order valence-corrected chi connectivity index (χ2v) is 7.20. The van der Waals surface area contributed by atoms with Crippen molar-refractivity contribution < 1.29 is 13.9 Å². The van der Waals surface area contributed by atoms with Crippen LogP contribution in [-0.2, 0) is 4.74 Å². The highest BCUT2D eigenvalue weighted by Gasteiger charge is 2.13. The van der Waals surface area contributed by atoms with E-state index in [1.807, 2.05) is 13.0 Å². The van der Waals surface area contributed by atoms with Gasteiger partial charge in [-0.1, -0.05) is 39.0 Å². The molecular formula is C19H21ClFN3O2. The first-order chi connectivity index (χ1) is 12.2. The van der Waals surface area contributed by atoms with Crippen LogP contribution in [0.3, 0.4) is 0 Å². The molecule has 138 valence electrons. The molecule has 2 aromatic rings. The van der Waals surface area contributed by atoms with Crippen LogP contribution in [0.1, 0.15) is 26.3 Å². The zero-order chi connectivity index (χ0) is 19.3. The van der Waals surface area contributed by atoms with Gasteiger partial charge in [0.15, 0.2) is 5.82 Å². The van der Waals surface area contributed by atoms with E-state index in [4.69, 9.17) is 16.3 Å². The second-order valence-electron chi connectivity index (χ2n) is 6.86. The highest BCUT2D eigenvalue weighted by molar-refractivity contribution is 6.28. The Morgan fingerprint density at radius 2 is 2.12 bits per heavy atom. The van der Waals surface area contributed by atoms with Crippen LogP contribution < -0.4 is 5.32 Å². The number of rotatable bonds is 4. The summed E-state index contributed by atoms with van der Waals surface area (Å²) < 4.78 is 19.1. The Bertz CT molecular complexity index is 832. The van der Waals surface area contributed by atoms with Crippen LogP contribution in [0.5, 0.6) is 0 Å². The smallest absolute Gasteiger partial charge is 0.411 e. The molecule has 0 unspecified atom stereocenters. The molecule has 0 spiro atoms. The maximum Gasteiger partial charge on any atom is 0.411 e. The summed E-state index contributed by atoms with van der Waals surface area (Å²) in [5.41, 5.74) is 1.86. The summed E-state index contributed by atoms with van der Waals surface area (Å²) in [4.78, 5) is 19.4. The molecule has 2 rings (SSSR count). The van der Waals surface area contributed by atoms with Crippen LogP contribution in [0.4, 0.5) is 14.9 Å². The molecule has 1 aromatic carbocycles. The number of carbonyl (C=O) groups excluding carboxylic acids is 1. The molecule has 0 aliphatic rings. The van der Waals surface area contributed by atoms with Crippen molar-refractivity contribution >= 4 is 23.4 Å². The summed E-state index contributed by atoms with van der Waals surface area (Å²) in [6.07, 6.45) is 4.17. The fraction of sp³-hybridized carbons (Fsp3) is 0.316. The Kier molecular flexibility index (Phi) is 6.32. The number of aryl methyl sites for hydroxylation is 1. The van der Waals surface area contributed by atoms with Gasteiger partial charge in [-0.15, -0.1) is 0 Å². The average molecular weight is 378 g/mol. The normalized spacial score (nSPS) is 11.6. The molecule has 0 fully saturated rings. The van der Waals surface area contributed by atoms with E-state index in [0.717, 1.165) is 11.8 Å². The van der Waals surface area contributed by atoms with Gasteiger partial charge in [-0.2, -0.15) is 0 Å². The van der Waals surface area contributed by atoms with Crippen LogP contribution in [0, 0.1) is 18.2 Å². The highest BCUT2D eigenvalue weighted by Crippen LogP contribution is 2.27. The summed E-state index contributed by atoms with van der Waals surface area (Å²) >= 11 is 5.76. The van der Waals surface area contributed by atoms with Crippen molar-refractivity contribution in [2.24, 2.45) is 5.41 Å². The minimum Gasteiger partial charge on any atom is -0.445 e. The van der Waals surface area contributed by atoms with E-state index >= 15 is 0 Å². The summed E-state index contributed by atoms with van der Waals surface area (Å²) in [7, 11) is 0. The Hall–Kier alpha value is -2.47. The summed E-state index contributed by atoms with van der Waals surface area (Å²) in [5, 5.41) is 2.57. The number of nitrogens with one attached hydrogen (secondary N) is 1. The Morgan fingerprint density at radius 3 is 2.81 bits per heavy atom. The lowest BCUT2D eigenvalue weighted by atomic mass is 9.96. The Balaban J connectivity index is 2.11. The van der Waals surface area contributed by atoms with E-state index in [9.17, 15) is 9.18 Å². The van der Waals surface area contributed by atoms with Gasteiger partial charge in [0.1, 0.15) is 12.3 Å². The van der Waals surface area contributed by atoms with E-state index in [1.165, 1.54) is 0 Å². The van der Waals surface area contributed by atoms with E-state index in [0.29, 0.717) is 11.3 Å². The molecule has 5 nitrogen and oxygen atoms in total. The van der Waals surface area contributed by atoms with Gasteiger partial charge in [-0.05, 0) is 41.6 Å². The zero-order valence-electron chi connectivity index (χ0n) is 15.1. The molecule has 0 atom stereocenters. The number of carbonyl (C=O) groups is 1. The molecule has 0 saturated carbocycles. The van der Waals surface area contributed by atoms with Crippen molar-refractivity contribution in [1.29, 1.82) is 0 Å². The second kappa shape index (κ2) is 8.27. The number of nitrogens with zero attached hydrogens (tertiary/aromatic N) is 2. The highest BCUT2D eigenvalue weighted by atomic mass is 35.5. The molecule has 0 saturated heterocycles. The van der Waals surface area contributed by atoms with Crippen LogP contribution in [0.2, 0.25) is 5.28 Å². The number of hydrogen-bond donors (Lipinski definition) is 1. The van der Waals surface area contributed by atoms with Crippen LogP contribution in [-0.4, -0.2) is 22.7 Å². The van der Waals surface area contributed by atoms with Crippen molar-refractivity contribution in [1.82, 2.24) is 9.97 Å². The molecule has 1 aromatic heterocycles. The summed E-state index contributed by atoms with van der Waals surface area (Å²) in [6, 6.07) is 5.06. The maximum atomic E-state index is 14.0. The third-order valence-corrected chi connectivity index (χ3v) is 3.56. The molecular weight excluding hydrogens is 357 g/mol.